The fourth-order valence-electron chi connectivity index (χ4n) is 1.62. The molecule has 1 rings (SSSR count). The summed E-state index contributed by atoms with van der Waals surface area (Å²) < 4.78 is 4.83. The molecular weight excluding hydrogens is 178 g/mol. The van der Waals surface area contributed by atoms with E-state index in [4.69, 9.17) is 4.74 Å². The van der Waals surface area contributed by atoms with Gasteiger partial charge in [-0.15, -0.1) is 0 Å². The molecule has 14 heavy (non-hydrogen) atoms. The van der Waals surface area contributed by atoms with Gasteiger partial charge in [0.2, 0.25) is 0 Å². The third kappa shape index (κ3) is 4.20. The Morgan fingerprint density at radius 1 is 1.50 bits per heavy atom. The van der Waals surface area contributed by atoms with Crippen LogP contribution in [0.15, 0.2) is 0 Å². The summed E-state index contributed by atoms with van der Waals surface area (Å²) in [5, 5.41) is 0. The van der Waals surface area contributed by atoms with Crippen LogP contribution in [-0.2, 0) is 9.53 Å². The van der Waals surface area contributed by atoms with Crippen molar-refractivity contribution in [1.82, 2.24) is 4.90 Å². The predicted octanol–water partition coefficient (Wildman–Crippen LogP) is 1.47. The molecule has 0 saturated heterocycles. The van der Waals surface area contributed by atoms with Gasteiger partial charge >= 0.3 is 0 Å². The van der Waals surface area contributed by atoms with Crippen molar-refractivity contribution in [2.45, 2.75) is 38.6 Å². The van der Waals surface area contributed by atoms with Crippen LogP contribution in [0.2, 0.25) is 0 Å². The molecule has 0 aromatic rings. The van der Waals surface area contributed by atoms with Crippen molar-refractivity contribution in [3.63, 3.8) is 0 Å². The first kappa shape index (κ1) is 11.7. The summed E-state index contributed by atoms with van der Waals surface area (Å²) in [6.45, 7) is 4.09. The van der Waals surface area contributed by atoms with Crippen LogP contribution >= 0.6 is 0 Å². The first-order valence-electron chi connectivity index (χ1n) is 5.52. The second-order valence-corrected chi connectivity index (χ2v) is 4.03. The normalized spacial score (nSPS) is 16.2. The summed E-state index contributed by atoms with van der Waals surface area (Å²) in [4.78, 5) is 13.7. The predicted molar refractivity (Wildman–Crippen MR) is 56.4 cm³/mol. The number of methoxy groups -OCH3 is 1. The van der Waals surface area contributed by atoms with Gasteiger partial charge in [0.1, 0.15) is 6.61 Å². The molecule has 0 radical (unpaired) electrons. The Bertz CT molecular complexity index is 178. The molecule has 0 heterocycles. The van der Waals surface area contributed by atoms with Crippen molar-refractivity contribution >= 4 is 5.78 Å². The molecule has 1 aliphatic rings. The first-order valence-corrected chi connectivity index (χ1v) is 5.52. The van der Waals surface area contributed by atoms with Crippen molar-refractivity contribution in [3.05, 3.63) is 0 Å². The second kappa shape index (κ2) is 6.14. The number of hydrogen-bond donors (Lipinski definition) is 0. The molecule has 1 fully saturated rings. The maximum Gasteiger partial charge on any atom is 0.172 e. The Balaban J connectivity index is 2.23. The molecule has 0 bridgehead atoms. The molecule has 0 aromatic carbocycles. The van der Waals surface area contributed by atoms with Gasteiger partial charge in [0, 0.05) is 13.2 Å². The summed E-state index contributed by atoms with van der Waals surface area (Å²) in [6, 6.07) is 0.683. The van der Waals surface area contributed by atoms with Crippen LogP contribution in [0.1, 0.15) is 32.6 Å². The van der Waals surface area contributed by atoms with Crippen molar-refractivity contribution < 1.29 is 9.53 Å². The van der Waals surface area contributed by atoms with Crippen molar-refractivity contribution in [2.75, 3.05) is 26.8 Å². The molecule has 0 unspecified atom stereocenters. The van der Waals surface area contributed by atoms with E-state index >= 15 is 0 Å². The van der Waals surface area contributed by atoms with Crippen LogP contribution in [-0.4, -0.2) is 43.5 Å². The molecule has 0 aliphatic heterocycles. The Morgan fingerprint density at radius 3 is 2.71 bits per heavy atom. The highest BCUT2D eigenvalue weighted by Crippen LogP contribution is 2.26. The average molecular weight is 199 g/mol. The van der Waals surface area contributed by atoms with E-state index in [2.05, 4.69) is 11.8 Å². The van der Waals surface area contributed by atoms with Gasteiger partial charge in [0.25, 0.3) is 0 Å². The number of rotatable bonds is 8. The highest BCUT2D eigenvalue weighted by atomic mass is 16.5. The van der Waals surface area contributed by atoms with E-state index in [0.717, 1.165) is 6.54 Å². The molecule has 0 atom stereocenters. The smallest absolute Gasteiger partial charge is 0.172 e. The van der Waals surface area contributed by atoms with Crippen LogP contribution in [0.5, 0.6) is 0 Å². The Kier molecular flexibility index (Phi) is 5.12. The van der Waals surface area contributed by atoms with Crippen LogP contribution in [0.3, 0.4) is 0 Å². The quantitative estimate of drug-likeness (QED) is 0.593. The lowest BCUT2D eigenvalue weighted by atomic mass is 10.3. The van der Waals surface area contributed by atoms with Gasteiger partial charge in [-0.2, -0.15) is 0 Å². The number of unbranched alkanes of at least 4 members (excludes halogenated alkanes) is 1. The fourth-order valence-corrected chi connectivity index (χ4v) is 1.62. The molecule has 0 N–H and O–H groups in total. The molecule has 3 nitrogen and oxygen atoms in total. The van der Waals surface area contributed by atoms with Crippen molar-refractivity contribution in [3.8, 4) is 0 Å². The van der Waals surface area contributed by atoms with Gasteiger partial charge in [0.05, 0.1) is 6.54 Å². The molecule has 3 heteroatoms. The van der Waals surface area contributed by atoms with Gasteiger partial charge < -0.3 is 4.74 Å². The zero-order chi connectivity index (χ0) is 10.4. The molecule has 82 valence electrons. The van der Waals surface area contributed by atoms with Crippen LogP contribution < -0.4 is 0 Å². The zero-order valence-corrected chi connectivity index (χ0v) is 9.29. The van der Waals surface area contributed by atoms with E-state index < -0.39 is 0 Å². The second-order valence-electron chi connectivity index (χ2n) is 4.03. The monoisotopic (exact) mass is 199 g/mol. The third-order valence-electron chi connectivity index (χ3n) is 2.55. The first-order chi connectivity index (χ1) is 6.77. The lowest BCUT2D eigenvalue weighted by molar-refractivity contribution is -0.123. The number of hydrogen-bond acceptors (Lipinski definition) is 3. The van der Waals surface area contributed by atoms with Crippen molar-refractivity contribution in [1.29, 1.82) is 0 Å². The molecule has 1 saturated carbocycles. The Labute approximate surface area is 86.4 Å². The maximum absolute atomic E-state index is 11.4. The Hall–Kier alpha value is -0.410. The largest absolute Gasteiger partial charge is 0.377 e. The van der Waals surface area contributed by atoms with Crippen molar-refractivity contribution in [2.24, 2.45) is 0 Å². The lowest BCUT2D eigenvalue weighted by Gasteiger charge is -2.20. The highest BCUT2D eigenvalue weighted by molar-refractivity contribution is 5.81. The number of carbonyl (C=O) groups is 1. The van der Waals surface area contributed by atoms with Crippen LogP contribution in [0.4, 0.5) is 0 Å². The fraction of sp³-hybridized carbons (Fsp3) is 0.909. The maximum atomic E-state index is 11.4. The van der Waals surface area contributed by atoms with Gasteiger partial charge in [-0.3, -0.25) is 9.69 Å². The average Bonchev–Trinajstić information content (AvgIpc) is 2.95. The summed E-state index contributed by atoms with van der Waals surface area (Å²) >= 11 is 0. The molecule has 0 spiro atoms. The summed E-state index contributed by atoms with van der Waals surface area (Å²) in [7, 11) is 1.57. The highest BCUT2D eigenvalue weighted by Gasteiger charge is 2.29. The lowest BCUT2D eigenvalue weighted by Crippen LogP contribution is -2.34. The SMILES string of the molecule is CCCCN(CC(=O)COC)C1CC1. The number of carbonyl (C=O) groups excluding carboxylic acids is 1. The standard InChI is InChI=1S/C11H21NO2/c1-3-4-7-12(10-5-6-10)8-11(13)9-14-2/h10H,3-9H2,1-2H3. The van der Waals surface area contributed by atoms with E-state index in [1.165, 1.54) is 25.7 Å². The molecule has 1 aliphatic carbocycles. The minimum atomic E-state index is 0.204. The topological polar surface area (TPSA) is 29.5 Å². The van der Waals surface area contributed by atoms with Crippen LogP contribution in [0, 0.1) is 0 Å². The van der Waals surface area contributed by atoms with Gasteiger partial charge in [-0.05, 0) is 25.8 Å². The minimum absolute atomic E-state index is 0.204. The zero-order valence-electron chi connectivity index (χ0n) is 9.29. The number of Topliss-reactive ketones (excluding diaryl/α,β-unsaturated/α-hetero) is 1. The molecule has 0 amide bonds. The Morgan fingerprint density at radius 2 is 2.21 bits per heavy atom. The third-order valence-corrected chi connectivity index (χ3v) is 2.55. The van der Waals surface area contributed by atoms with Gasteiger partial charge in [0.15, 0.2) is 5.78 Å². The summed E-state index contributed by atoms with van der Waals surface area (Å²) in [6.07, 6.45) is 4.92. The number of ketones is 1. The van der Waals surface area contributed by atoms with E-state index in [-0.39, 0.29) is 12.4 Å². The number of ether oxygens (including phenoxy) is 1. The number of nitrogens with zero attached hydrogens (tertiary/aromatic N) is 1. The van der Waals surface area contributed by atoms with E-state index in [9.17, 15) is 4.79 Å². The van der Waals surface area contributed by atoms with E-state index in [0.29, 0.717) is 12.6 Å². The minimum Gasteiger partial charge on any atom is -0.377 e. The molecule has 0 aromatic heterocycles. The molecular formula is C11H21NO2. The summed E-state index contributed by atoms with van der Waals surface area (Å²) in [5.74, 6) is 0.204. The van der Waals surface area contributed by atoms with Gasteiger partial charge in [-0.1, -0.05) is 13.3 Å². The van der Waals surface area contributed by atoms with E-state index in [1.54, 1.807) is 7.11 Å². The van der Waals surface area contributed by atoms with Gasteiger partial charge in [-0.25, -0.2) is 0 Å². The summed E-state index contributed by atoms with van der Waals surface area (Å²) in [5.41, 5.74) is 0. The van der Waals surface area contributed by atoms with E-state index in [1.807, 2.05) is 0 Å². The van der Waals surface area contributed by atoms with Crippen LogP contribution in [0.25, 0.3) is 0 Å².